The Labute approximate surface area is 109 Å². The van der Waals surface area contributed by atoms with Gasteiger partial charge in [0.15, 0.2) is 11.5 Å². The molecule has 0 fully saturated rings. The molecule has 0 atom stereocenters. The largest absolute Gasteiger partial charge is 0.441 e. The molecule has 0 bridgehead atoms. The van der Waals surface area contributed by atoms with Crippen molar-refractivity contribution in [3.8, 4) is 0 Å². The van der Waals surface area contributed by atoms with Gasteiger partial charge in [-0.1, -0.05) is 13.0 Å². The molecule has 3 aromatic rings. The quantitative estimate of drug-likeness (QED) is 0.766. The van der Waals surface area contributed by atoms with Gasteiger partial charge in [-0.3, -0.25) is 0 Å². The summed E-state index contributed by atoms with van der Waals surface area (Å²) >= 11 is 1.76. The summed E-state index contributed by atoms with van der Waals surface area (Å²) in [5.74, 6) is 0.792. The molecule has 2 heterocycles. The van der Waals surface area contributed by atoms with E-state index in [4.69, 9.17) is 4.42 Å². The van der Waals surface area contributed by atoms with Crippen molar-refractivity contribution in [3.05, 3.63) is 46.5 Å². The lowest BCUT2D eigenvalue weighted by molar-refractivity contribution is 0.538. The van der Waals surface area contributed by atoms with E-state index < -0.39 is 0 Å². The number of hydrogen-bond acceptors (Lipinski definition) is 4. The predicted molar refractivity (Wildman–Crippen MR) is 75.0 cm³/mol. The number of oxazole rings is 1. The third-order valence-corrected chi connectivity index (χ3v) is 3.66. The molecule has 0 spiro atoms. The number of nitrogens with one attached hydrogen (secondary N) is 1. The molecule has 92 valence electrons. The maximum absolute atomic E-state index is 5.59. The van der Waals surface area contributed by atoms with Gasteiger partial charge in [0.25, 0.3) is 0 Å². The minimum atomic E-state index is 0.792. The number of aromatic nitrogens is 1. The van der Waals surface area contributed by atoms with Crippen LogP contribution in [0.25, 0.3) is 11.1 Å². The summed E-state index contributed by atoms with van der Waals surface area (Å²) in [5, 5.41) is 5.48. The van der Waals surface area contributed by atoms with Crippen molar-refractivity contribution in [1.29, 1.82) is 0 Å². The summed E-state index contributed by atoms with van der Waals surface area (Å²) in [7, 11) is 0. The molecule has 0 aliphatic heterocycles. The standard InChI is InChI=1S/C14H14N2OS/c1-2-14-16-12-8-10(5-6-13(12)17-14)15-9-11-4-3-7-18-11/h3-8,15H,2,9H2,1H3. The van der Waals surface area contributed by atoms with Crippen LogP contribution >= 0.6 is 11.3 Å². The van der Waals surface area contributed by atoms with Crippen LogP contribution in [0.15, 0.2) is 40.1 Å². The topological polar surface area (TPSA) is 38.1 Å². The zero-order valence-corrected chi connectivity index (χ0v) is 11.0. The smallest absolute Gasteiger partial charge is 0.195 e. The van der Waals surface area contributed by atoms with Crippen molar-refractivity contribution in [2.75, 3.05) is 5.32 Å². The Balaban J connectivity index is 1.80. The molecule has 0 aliphatic carbocycles. The van der Waals surface area contributed by atoms with Gasteiger partial charge in [0.1, 0.15) is 5.52 Å². The SMILES string of the molecule is CCc1nc2cc(NCc3cccs3)ccc2o1. The fourth-order valence-electron chi connectivity index (χ4n) is 1.84. The average molecular weight is 258 g/mol. The molecule has 18 heavy (non-hydrogen) atoms. The van der Waals surface area contributed by atoms with Gasteiger partial charge in [-0.05, 0) is 29.6 Å². The van der Waals surface area contributed by atoms with Gasteiger partial charge in [0, 0.05) is 23.5 Å². The van der Waals surface area contributed by atoms with E-state index in [-0.39, 0.29) is 0 Å². The fraction of sp³-hybridized carbons (Fsp3) is 0.214. The average Bonchev–Trinajstić information content (AvgIpc) is 3.04. The maximum Gasteiger partial charge on any atom is 0.195 e. The van der Waals surface area contributed by atoms with E-state index in [1.807, 2.05) is 25.1 Å². The molecule has 1 aromatic carbocycles. The van der Waals surface area contributed by atoms with Crippen molar-refractivity contribution in [3.63, 3.8) is 0 Å². The van der Waals surface area contributed by atoms with Gasteiger partial charge in [0.05, 0.1) is 0 Å². The Morgan fingerprint density at radius 3 is 3.06 bits per heavy atom. The summed E-state index contributed by atoms with van der Waals surface area (Å²) in [5.41, 5.74) is 2.85. The van der Waals surface area contributed by atoms with Gasteiger partial charge in [-0.15, -0.1) is 11.3 Å². The van der Waals surface area contributed by atoms with E-state index in [9.17, 15) is 0 Å². The Bertz CT molecular complexity index is 643. The minimum Gasteiger partial charge on any atom is -0.441 e. The number of hydrogen-bond donors (Lipinski definition) is 1. The highest BCUT2D eigenvalue weighted by atomic mass is 32.1. The second-order valence-corrected chi connectivity index (χ2v) is 5.11. The number of nitrogens with zero attached hydrogens (tertiary/aromatic N) is 1. The molecule has 0 saturated heterocycles. The van der Waals surface area contributed by atoms with E-state index in [0.29, 0.717) is 0 Å². The molecule has 0 unspecified atom stereocenters. The van der Waals surface area contributed by atoms with Gasteiger partial charge < -0.3 is 9.73 Å². The highest BCUT2D eigenvalue weighted by Gasteiger charge is 2.04. The van der Waals surface area contributed by atoms with E-state index in [1.54, 1.807) is 11.3 Å². The molecule has 3 rings (SSSR count). The van der Waals surface area contributed by atoms with E-state index >= 15 is 0 Å². The molecule has 0 aliphatic rings. The third-order valence-electron chi connectivity index (χ3n) is 2.78. The lowest BCUT2D eigenvalue weighted by atomic mass is 10.3. The van der Waals surface area contributed by atoms with Gasteiger partial charge in [-0.25, -0.2) is 4.98 Å². The summed E-state index contributed by atoms with van der Waals surface area (Å²) in [6.07, 6.45) is 0.826. The van der Waals surface area contributed by atoms with Crippen LogP contribution in [0.1, 0.15) is 17.7 Å². The van der Waals surface area contributed by atoms with Gasteiger partial charge in [0.2, 0.25) is 0 Å². The molecule has 0 radical (unpaired) electrons. The molecular formula is C14H14N2OS. The van der Waals surface area contributed by atoms with Crippen LogP contribution in [0.4, 0.5) is 5.69 Å². The van der Waals surface area contributed by atoms with Crippen LogP contribution in [-0.2, 0) is 13.0 Å². The van der Waals surface area contributed by atoms with Crippen LogP contribution in [0.5, 0.6) is 0 Å². The maximum atomic E-state index is 5.59. The molecule has 4 heteroatoms. The molecule has 1 N–H and O–H groups in total. The molecule has 0 saturated carbocycles. The van der Waals surface area contributed by atoms with Crippen molar-refractivity contribution in [1.82, 2.24) is 4.98 Å². The van der Waals surface area contributed by atoms with Crippen molar-refractivity contribution < 1.29 is 4.42 Å². The summed E-state index contributed by atoms with van der Waals surface area (Å²) in [6, 6.07) is 10.2. The van der Waals surface area contributed by atoms with Crippen molar-refractivity contribution in [2.24, 2.45) is 0 Å². The molecule has 3 nitrogen and oxygen atoms in total. The van der Waals surface area contributed by atoms with Crippen LogP contribution in [0.2, 0.25) is 0 Å². The number of rotatable bonds is 4. The van der Waals surface area contributed by atoms with Crippen molar-refractivity contribution >= 4 is 28.1 Å². The summed E-state index contributed by atoms with van der Waals surface area (Å²) < 4.78 is 5.59. The third kappa shape index (κ3) is 2.24. The first kappa shape index (κ1) is 11.3. The summed E-state index contributed by atoms with van der Waals surface area (Å²) in [6.45, 7) is 2.89. The lowest BCUT2D eigenvalue weighted by Crippen LogP contribution is -1.96. The molecular weight excluding hydrogens is 244 g/mol. The number of anilines is 1. The Hall–Kier alpha value is -1.81. The number of benzene rings is 1. The van der Waals surface area contributed by atoms with E-state index in [1.165, 1.54) is 4.88 Å². The second-order valence-electron chi connectivity index (χ2n) is 4.08. The van der Waals surface area contributed by atoms with Crippen LogP contribution < -0.4 is 5.32 Å². The predicted octanol–water partition coefficient (Wildman–Crippen LogP) is 4.06. The van der Waals surface area contributed by atoms with Gasteiger partial charge in [-0.2, -0.15) is 0 Å². The van der Waals surface area contributed by atoms with Gasteiger partial charge >= 0.3 is 0 Å². The van der Waals surface area contributed by atoms with Crippen LogP contribution in [0.3, 0.4) is 0 Å². The molecule has 2 aromatic heterocycles. The first-order chi connectivity index (χ1) is 8.85. The Kier molecular flexibility index (Phi) is 3.02. The number of fused-ring (bicyclic) bond motifs is 1. The van der Waals surface area contributed by atoms with Crippen LogP contribution in [0, 0.1) is 0 Å². The normalized spacial score (nSPS) is 10.9. The monoisotopic (exact) mass is 258 g/mol. The first-order valence-corrected chi connectivity index (χ1v) is 6.89. The zero-order chi connectivity index (χ0) is 12.4. The van der Waals surface area contributed by atoms with E-state index in [2.05, 4.69) is 27.8 Å². The first-order valence-electron chi connectivity index (χ1n) is 6.01. The number of aryl methyl sites for hydroxylation is 1. The highest BCUT2D eigenvalue weighted by Crippen LogP contribution is 2.21. The molecule has 0 amide bonds. The zero-order valence-electron chi connectivity index (χ0n) is 10.1. The summed E-state index contributed by atoms with van der Waals surface area (Å²) in [4.78, 5) is 5.76. The second kappa shape index (κ2) is 4.82. The Morgan fingerprint density at radius 2 is 2.28 bits per heavy atom. The van der Waals surface area contributed by atoms with E-state index in [0.717, 1.165) is 35.6 Å². The lowest BCUT2D eigenvalue weighted by Gasteiger charge is -2.03. The number of thiophene rings is 1. The highest BCUT2D eigenvalue weighted by molar-refractivity contribution is 7.09. The fourth-order valence-corrected chi connectivity index (χ4v) is 2.48. The van der Waals surface area contributed by atoms with Crippen molar-refractivity contribution in [2.45, 2.75) is 19.9 Å². The van der Waals surface area contributed by atoms with Crippen LogP contribution in [-0.4, -0.2) is 4.98 Å². The minimum absolute atomic E-state index is 0.792. The Morgan fingerprint density at radius 1 is 1.33 bits per heavy atom.